The molecule has 1 fully saturated rings. The summed E-state index contributed by atoms with van der Waals surface area (Å²) in [7, 11) is 0. The summed E-state index contributed by atoms with van der Waals surface area (Å²) in [6, 6.07) is 4.74. The molecule has 0 radical (unpaired) electrons. The van der Waals surface area contributed by atoms with E-state index >= 15 is 0 Å². The van der Waals surface area contributed by atoms with Gasteiger partial charge >= 0.3 is 6.18 Å². The van der Waals surface area contributed by atoms with E-state index in [2.05, 4.69) is 9.97 Å². The number of morpholine rings is 1. The number of hydrogen-bond acceptors (Lipinski definition) is 6. The molecule has 2 aromatic rings. The second-order valence-electron chi connectivity index (χ2n) is 7.32. The number of anilines is 2. The van der Waals surface area contributed by atoms with Crippen molar-refractivity contribution in [2.24, 2.45) is 0 Å². The third kappa shape index (κ3) is 3.93. The zero-order valence-corrected chi connectivity index (χ0v) is 16.0. The number of rotatable bonds is 3. The van der Waals surface area contributed by atoms with Gasteiger partial charge in [-0.15, -0.1) is 0 Å². The Hall–Kier alpha value is -2.62. The number of pyridine rings is 1. The van der Waals surface area contributed by atoms with E-state index in [1.165, 1.54) is 16.8 Å². The lowest BCUT2D eigenvalue weighted by atomic mass is 10.1. The molecule has 4 rings (SSSR count). The summed E-state index contributed by atoms with van der Waals surface area (Å²) in [4.78, 5) is 24.5. The van der Waals surface area contributed by atoms with E-state index in [0.29, 0.717) is 31.3 Å². The SMILES string of the molecule is CC1COCCN1c1cc(=O)n2c(n1)N(Cc1ccccn1)C(C(F)(F)F)CC2. The first-order chi connectivity index (χ1) is 13.8. The minimum Gasteiger partial charge on any atom is -0.377 e. The van der Waals surface area contributed by atoms with Crippen molar-refractivity contribution in [1.82, 2.24) is 14.5 Å². The molecule has 2 aliphatic heterocycles. The maximum atomic E-state index is 13.8. The summed E-state index contributed by atoms with van der Waals surface area (Å²) in [5.41, 5.74) is 0.130. The fraction of sp³-hybridized carbons (Fsp3) is 0.526. The number of ether oxygens (including phenoxy) is 1. The molecule has 1 saturated heterocycles. The van der Waals surface area contributed by atoms with Gasteiger partial charge < -0.3 is 14.5 Å². The fourth-order valence-electron chi connectivity index (χ4n) is 3.86. The van der Waals surface area contributed by atoms with Crippen LogP contribution in [0.25, 0.3) is 0 Å². The maximum Gasteiger partial charge on any atom is 0.408 e. The smallest absolute Gasteiger partial charge is 0.377 e. The lowest BCUT2D eigenvalue weighted by Crippen LogP contribution is -2.52. The molecular formula is C19H22F3N5O2. The Morgan fingerprint density at radius 2 is 2.10 bits per heavy atom. The summed E-state index contributed by atoms with van der Waals surface area (Å²) >= 11 is 0. The van der Waals surface area contributed by atoms with Crippen molar-refractivity contribution in [3.05, 3.63) is 46.5 Å². The van der Waals surface area contributed by atoms with Crippen LogP contribution in [0.4, 0.5) is 24.9 Å². The molecule has 0 saturated carbocycles. The van der Waals surface area contributed by atoms with Crippen molar-refractivity contribution in [2.75, 3.05) is 29.6 Å². The largest absolute Gasteiger partial charge is 0.408 e. The Kier molecular flexibility index (Phi) is 5.20. The predicted octanol–water partition coefficient (Wildman–Crippen LogP) is 2.20. The van der Waals surface area contributed by atoms with Gasteiger partial charge in [0.15, 0.2) is 0 Å². The van der Waals surface area contributed by atoms with Gasteiger partial charge in [0.05, 0.1) is 31.5 Å². The zero-order chi connectivity index (χ0) is 20.6. The minimum absolute atomic E-state index is 0.0232. The number of fused-ring (bicyclic) bond motifs is 1. The molecule has 2 aliphatic rings. The van der Waals surface area contributed by atoms with E-state index in [1.54, 1.807) is 18.2 Å². The van der Waals surface area contributed by atoms with Crippen molar-refractivity contribution < 1.29 is 17.9 Å². The van der Waals surface area contributed by atoms with Crippen LogP contribution in [0.5, 0.6) is 0 Å². The van der Waals surface area contributed by atoms with Gasteiger partial charge in [-0.2, -0.15) is 18.2 Å². The van der Waals surface area contributed by atoms with Crippen LogP contribution in [0.2, 0.25) is 0 Å². The highest BCUT2D eigenvalue weighted by Crippen LogP contribution is 2.35. The van der Waals surface area contributed by atoms with Crippen LogP contribution in [0.15, 0.2) is 35.3 Å². The Bertz CT molecular complexity index is 918. The molecule has 10 heteroatoms. The predicted molar refractivity (Wildman–Crippen MR) is 101 cm³/mol. The molecule has 0 spiro atoms. The Morgan fingerprint density at radius 3 is 2.79 bits per heavy atom. The minimum atomic E-state index is -4.44. The number of halogens is 3. The summed E-state index contributed by atoms with van der Waals surface area (Å²) < 4.78 is 48.1. The third-order valence-electron chi connectivity index (χ3n) is 5.33. The van der Waals surface area contributed by atoms with E-state index in [0.717, 1.165) is 4.90 Å². The van der Waals surface area contributed by atoms with Gasteiger partial charge in [0.25, 0.3) is 5.56 Å². The highest BCUT2D eigenvalue weighted by atomic mass is 19.4. The molecule has 0 N–H and O–H groups in total. The number of alkyl halides is 3. The van der Waals surface area contributed by atoms with Crippen LogP contribution in [0.1, 0.15) is 19.0 Å². The molecule has 0 amide bonds. The molecule has 29 heavy (non-hydrogen) atoms. The monoisotopic (exact) mass is 409 g/mol. The molecule has 2 unspecified atom stereocenters. The number of nitrogens with zero attached hydrogens (tertiary/aromatic N) is 5. The van der Waals surface area contributed by atoms with Crippen LogP contribution >= 0.6 is 0 Å². The topological polar surface area (TPSA) is 63.5 Å². The van der Waals surface area contributed by atoms with Crippen molar-refractivity contribution in [1.29, 1.82) is 0 Å². The van der Waals surface area contributed by atoms with Gasteiger partial charge in [0.1, 0.15) is 11.9 Å². The lowest BCUT2D eigenvalue weighted by Gasteiger charge is -2.40. The van der Waals surface area contributed by atoms with E-state index in [1.807, 2.05) is 11.8 Å². The van der Waals surface area contributed by atoms with Gasteiger partial charge in [-0.3, -0.25) is 14.3 Å². The van der Waals surface area contributed by atoms with Crippen molar-refractivity contribution in [3.63, 3.8) is 0 Å². The van der Waals surface area contributed by atoms with Crippen LogP contribution < -0.4 is 15.4 Å². The molecule has 0 aromatic carbocycles. The second-order valence-corrected chi connectivity index (χ2v) is 7.32. The van der Waals surface area contributed by atoms with E-state index in [9.17, 15) is 18.0 Å². The van der Waals surface area contributed by atoms with Crippen LogP contribution in [0, 0.1) is 0 Å². The molecule has 4 heterocycles. The Morgan fingerprint density at radius 1 is 1.28 bits per heavy atom. The molecule has 2 atom stereocenters. The van der Waals surface area contributed by atoms with E-state index < -0.39 is 12.2 Å². The standard InChI is InChI=1S/C19H22F3N5O2/c1-13-12-29-9-8-25(13)16-10-17(28)26-7-5-15(19(20,21)22)27(18(26)24-16)11-14-4-2-3-6-23-14/h2-4,6,10,13,15H,5,7-9,11-12H2,1H3. The lowest BCUT2D eigenvalue weighted by molar-refractivity contribution is -0.153. The quantitative estimate of drug-likeness (QED) is 0.775. The third-order valence-corrected chi connectivity index (χ3v) is 5.33. The highest BCUT2D eigenvalue weighted by molar-refractivity contribution is 5.47. The van der Waals surface area contributed by atoms with Gasteiger partial charge in [-0.05, 0) is 25.5 Å². The molecule has 156 valence electrons. The Labute approximate surface area is 165 Å². The second kappa shape index (κ2) is 7.66. The average molecular weight is 409 g/mol. The van der Waals surface area contributed by atoms with Gasteiger partial charge in [-0.25, -0.2) is 0 Å². The summed E-state index contributed by atoms with van der Waals surface area (Å²) in [6.07, 6.45) is -3.12. The summed E-state index contributed by atoms with van der Waals surface area (Å²) in [6.45, 7) is 3.31. The molecule has 0 bridgehead atoms. The van der Waals surface area contributed by atoms with Crippen molar-refractivity contribution in [3.8, 4) is 0 Å². The van der Waals surface area contributed by atoms with Crippen LogP contribution in [0.3, 0.4) is 0 Å². The van der Waals surface area contributed by atoms with E-state index in [4.69, 9.17) is 4.74 Å². The van der Waals surface area contributed by atoms with Crippen LogP contribution in [-0.2, 0) is 17.8 Å². The van der Waals surface area contributed by atoms with Gasteiger partial charge in [0, 0.05) is 25.4 Å². The Balaban J connectivity index is 1.78. The molecular weight excluding hydrogens is 387 g/mol. The van der Waals surface area contributed by atoms with Gasteiger partial charge in [-0.1, -0.05) is 6.07 Å². The molecule has 2 aromatic heterocycles. The zero-order valence-electron chi connectivity index (χ0n) is 16.0. The van der Waals surface area contributed by atoms with Gasteiger partial charge in [0.2, 0.25) is 5.95 Å². The summed E-state index contributed by atoms with van der Waals surface area (Å²) in [5.74, 6) is 0.413. The number of aromatic nitrogens is 3. The first-order valence-electron chi connectivity index (χ1n) is 9.54. The average Bonchev–Trinajstić information content (AvgIpc) is 2.68. The fourth-order valence-corrected chi connectivity index (χ4v) is 3.86. The molecule has 7 nitrogen and oxygen atoms in total. The first kappa shape index (κ1) is 19.7. The first-order valence-corrected chi connectivity index (χ1v) is 9.54. The van der Waals surface area contributed by atoms with Crippen molar-refractivity contribution in [2.45, 2.75) is 44.7 Å². The van der Waals surface area contributed by atoms with Crippen molar-refractivity contribution >= 4 is 11.8 Å². The number of hydrogen-bond donors (Lipinski definition) is 0. The maximum absolute atomic E-state index is 13.8. The van der Waals surface area contributed by atoms with E-state index in [-0.39, 0.29) is 37.1 Å². The highest BCUT2D eigenvalue weighted by Gasteiger charge is 2.47. The normalized spacial score (nSPS) is 22.5. The van der Waals surface area contributed by atoms with Crippen LogP contribution in [-0.4, -0.2) is 52.6 Å². The summed E-state index contributed by atoms with van der Waals surface area (Å²) in [5, 5.41) is 0. The molecule has 0 aliphatic carbocycles.